The maximum absolute atomic E-state index is 13.3. The number of ether oxygens (including phenoxy) is 2. The van der Waals surface area contributed by atoms with Gasteiger partial charge in [0.15, 0.2) is 8.32 Å². The Kier molecular flexibility index (Phi) is 9.66. The van der Waals surface area contributed by atoms with Gasteiger partial charge in [0.25, 0.3) is 0 Å². The molecule has 214 valence electrons. The highest BCUT2D eigenvalue weighted by Gasteiger charge is 2.50. The minimum atomic E-state index is -1.96. The van der Waals surface area contributed by atoms with Crippen molar-refractivity contribution in [3.05, 3.63) is 0 Å². The summed E-state index contributed by atoms with van der Waals surface area (Å²) in [4.78, 5) is 25.2. The quantitative estimate of drug-likeness (QED) is 0.275. The van der Waals surface area contributed by atoms with E-state index in [1.165, 1.54) is 0 Å². The summed E-state index contributed by atoms with van der Waals surface area (Å²) < 4.78 is 18.9. The molecule has 7 heteroatoms. The Bertz CT molecular complexity index is 802. The van der Waals surface area contributed by atoms with Gasteiger partial charge in [-0.25, -0.2) is 0 Å². The van der Waals surface area contributed by atoms with Gasteiger partial charge >= 0.3 is 11.9 Å². The van der Waals surface area contributed by atoms with Crippen molar-refractivity contribution >= 4 is 20.3 Å². The van der Waals surface area contributed by atoms with Crippen molar-refractivity contribution in [1.82, 2.24) is 0 Å². The van der Waals surface area contributed by atoms with E-state index in [9.17, 15) is 14.7 Å². The standard InChI is InChI=1S/C30H54O6Si/c1-10-30(6,7)28(33)35-25-18-23(36-37(8,9)29(3,4)5)15-20-12-11-19(2)24(27(20)25)14-13-22-16-21(31)17-26(32)34-22/h19-25,27,31H,10-18H2,1-9H3/t19-,20-,21+,22+,23+,24-,25-,27-/m0/s1. The summed E-state index contributed by atoms with van der Waals surface area (Å²) >= 11 is 0. The topological polar surface area (TPSA) is 82.1 Å². The van der Waals surface area contributed by atoms with Crippen LogP contribution in [-0.4, -0.2) is 49.8 Å². The number of aliphatic hydroxyl groups excluding tert-OH is 1. The van der Waals surface area contributed by atoms with Crippen LogP contribution in [0, 0.1) is 29.1 Å². The Morgan fingerprint density at radius 1 is 1.08 bits per heavy atom. The Balaban J connectivity index is 1.82. The van der Waals surface area contributed by atoms with Gasteiger partial charge in [0.2, 0.25) is 0 Å². The number of hydrogen-bond acceptors (Lipinski definition) is 6. The zero-order valence-electron chi connectivity index (χ0n) is 25.0. The van der Waals surface area contributed by atoms with Gasteiger partial charge in [0, 0.05) is 24.9 Å². The van der Waals surface area contributed by atoms with Crippen molar-refractivity contribution < 1.29 is 28.6 Å². The fraction of sp³-hybridized carbons (Fsp3) is 0.933. The third-order valence-corrected chi connectivity index (χ3v) is 14.8. The zero-order chi connectivity index (χ0) is 27.8. The molecular weight excluding hydrogens is 484 g/mol. The minimum Gasteiger partial charge on any atom is -0.462 e. The summed E-state index contributed by atoms with van der Waals surface area (Å²) in [6.45, 7) is 19.8. The first-order chi connectivity index (χ1) is 17.0. The van der Waals surface area contributed by atoms with Gasteiger partial charge in [-0.05, 0) is 81.8 Å². The molecular formula is C30H54O6Si. The van der Waals surface area contributed by atoms with E-state index in [0.717, 1.165) is 44.9 Å². The molecule has 0 aromatic carbocycles. The van der Waals surface area contributed by atoms with Crippen LogP contribution in [0.2, 0.25) is 18.1 Å². The van der Waals surface area contributed by atoms with Crippen LogP contribution in [0.25, 0.3) is 0 Å². The number of aliphatic hydroxyl groups is 1. The third kappa shape index (κ3) is 7.39. The summed E-state index contributed by atoms with van der Waals surface area (Å²) in [7, 11) is -1.96. The van der Waals surface area contributed by atoms with Crippen LogP contribution in [0.1, 0.15) is 106 Å². The Morgan fingerprint density at radius 2 is 1.76 bits per heavy atom. The van der Waals surface area contributed by atoms with E-state index >= 15 is 0 Å². The van der Waals surface area contributed by atoms with Crippen molar-refractivity contribution in [3.8, 4) is 0 Å². The average molecular weight is 539 g/mol. The second-order valence-corrected chi connectivity index (χ2v) is 19.2. The molecule has 0 spiro atoms. The van der Waals surface area contributed by atoms with Crippen LogP contribution in [0.3, 0.4) is 0 Å². The van der Waals surface area contributed by atoms with E-state index in [2.05, 4.69) is 40.8 Å². The molecule has 3 aliphatic rings. The fourth-order valence-electron chi connectivity index (χ4n) is 6.47. The molecule has 1 saturated heterocycles. The second-order valence-electron chi connectivity index (χ2n) is 14.5. The largest absolute Gasteiger partial charge is 0.462 e. The van der Waals surface area contributed by atoms with Gasteiger partial charge in [0.05, 0.1) is 17.9 Å². The first kappa shape index (κ1) is 30.6. The predicted octanol–water partition coefficient (Wildman–Crippen LogP) is 6.64. The van der Waals surface area contributed by atoms with Gasteiger partial charge < -0.3 is 19.0 Å². The SMILES string of the molecule is CCC(C)(C)C(=O)O[C@H]1C[C@H](O[Si](C)(C)C(C)(C)C)C[C@@H]2CC[C@H](C)[C@H](CC[C@@H]3C[C@@H](O)CC(=O)O3)[C@H]21. The molecule has 3 rings (SSSR count). The number of esters is 2. The van der Waals surface area contributed by atoms with Crippen LogP contribution in [0.15, 0.2) is 0 Å². The van der Waals surface area contributed by atoms with Crippen LogP contribution in [0.4, 0.5) is 0 Å². The van der Waals surface area contributed by atoms with Crippen molar-refractivity contribution in [2.24, 2.45) is 29.1 Å². The average Bonchev–Trinajstić information content (AvgIpc) is 2.76. The summed E-state index contributed by atoms with van der Waals surface area (Å²) in [6.07, 6.45) is 6.28. The first-order valence-electron chi connectivity index (χ1n) is 14.8. The molecule has 1 aliphatic heterocycles. The van der Waals surface area contributed by atoms with E-state index < -0.39 is 19.8 Å². The second kappa shape index (κ2) is 11.7. The number of hydrogen-bond donors (Lipinski definition) is 1. The highest BCUT2D eigenvalue weighted by Crippen LogP contribution is 2.51. The van der Waals surface area contributed by atoms with Crippen LogP contribution < -0.4 is 0 Å². The molecule has 37 heavy (non-hydrogen) atoms. The molecule has 0 radical (unpaired) electrons. The van der Waals surface area contributed by atoms with Crippen molar-refractivity contribution in [2.45, 2.75) is 149 Å². The van der Waals surface area contributed by atoms with Gasteiger partial charge in [-0.3, -0.25) is 9.59 Å². The number of carbonyl (C=O) groups excluding carboxylic acids is 2. The molecule has 0 bridgehead atoms. The lowest BCUT2D eigenvalue weighted by atomic mass is 9.59. The molecule has 2 aliphatic carbocycles. The van der Waals surface area contributed by atoms with Crippen LogP contribution in [0.5, 0.6) is 0 Å². The molecule has 0 unspecified atom stereocenters. The molecule has 1 heterocycles. The van der Waals surface area contributed by atoms with Crippen LogP contribution >= 0.6 is 0 Å². The summed E-state index contributed by atoms with van der Waals surface area (Å²) in [6, 6.07) is 0. The van der Waals surface area contributed by atoms with Gasteiger partial charge in [-0.1, -0.05) is 41.0 Å². The summed E-state index contributed by atoms with van der Waals surface area (Å²) in [5.41, 5.74) is -0.509. The smallest absolute Gasteiger partial charge is 0.311 e. The zero-order valence-corrected chi connectivity index (χ0v) is 26.0. The highest BCUT2D eigenvalue weighted by atomic mass is 28.4. The fourth-order valence-corrected chi connectivity index (χ4v) is 7.85. The Labute approximate surface area is 226 Å². The summed E-state index contributed by atoms with van der Waals surface area (Å²) in [5.74, 6) is 1.27. The van der Waals surface area contributed by atoms with Crippen LogP contribution in [-0.2, 0) is 23.5 Å². The number of rotatable bonds is 8. The Hall–Kier alpha value is -0.923. The van der Waals surface area contributed by atoms with E-state index in [1.54, 1.807) is 0 Å². The lowest BCUT2D eigenvalue weighted by Crippen LogP contribution is -2.53. The lowest BCUT2D eigenvalue weighted by molar-refractivity contribution is -0.176. The molecule has 0 amide bonds. The summed E-state index contributed by atoms with van der Waals surface area (Å²) in [5, 5.41) is 10.2. The van der Waals surface area contributed by atoms with E-state index in [1.807, 2.05) is 20.8 Å². The van der Waals surface area contributed by atoms with E-state index in [4.69, 9.17) is 13.9 Å². The van der Waals surface area contributed by atoms with Crippen molar-refractivity contribution in [1.29, 1.82) is 0 Å². The monoisotopic (exact) mass is 538 g/mol. The van der Waals surface area contributed by atoms with E-state index in [0.29, 0.717) is 30.1 Å². The van der Waals surface area contributed by atoms with Gasteiger partial charge in [-0.15, -0.1) is 0 Å². The number of cyclic esters (lactones) is 1. The minimum absolute atomic E-state index is 0.0991. The molecule has 6 nitrogen and oxygen atoms in total. The predicted molar refractivity (Wildman–Crippen MR) is 148 cm³/mol. The Morgan fingerprint density at radius 3 is 2.35 bits per heavy atom. The van der Waals surface area contributed by atoms with E-state index in [-0.39, 0.29) is 41.7 Å². The van der Waals surface area contributed by atoms with Crippen molar-refractivity contribution in [3.63, 3.8) is 0 Å². The molecule has 2 saturated carbocycles. The third-order valence-electron chi connectivity index (χ3n) is 10.3. The molecule has 0 aromatic heterocycles. The lowest BCUT2D eigenvalue weighted by Gasteiger charge is -2.52. The number of carbonyl (C=O) groups is 2. The molecule has 1 N–H and O–H groups in total. The van der Waals surface area contributed by atoms with Gasteiger partial charge in [0.1, 0.15) is 12.2 Å². The molecule has 8 atom stereocenters. The molecule has 3 fully saturated rings. The normalized spacial score (nSPS) is 35.5. The van der Waals surface area contributed by atoms with Crippen molar-refractivity contribution in [2.75, 3.05) is 0 Å². The maximum Gasteiger partial charge on any atom is 0.311 e. The molecule has 0 aromatic rings. The highest BCUT2D eigenvalue weighted by molar-refractivity contribution is 6.74. The number of fused-ring (bicyclic) bond motifs is 1. The maximum atomic E-state index is 13.3. The van der Waals surface area contributed by atoms with Gasteiger partial charge in [-0.2, -0.15) is 0 Å². The first-order valence-corrected chi connectivity index (χ1v) is 17.7.